The van der Waals surface area contributed by atoms with Gasteiger partial charge >= 0.3 is 43.3 Å². The van der Waals surface area contributed by atoms with E-state index in [1.807, 2.05) is 0 Å². The Labute approximate surface area is 109 Å². The van der Waals surface area contributed by atoms with E-state index in [2.05, 4.69) is 9.05 Å². The van der Waals surface area contributed by atoms with E-state index in [0.29, 0.717) is 0 Å². The van der Waals surface area contributed by atoms with Crippen LogP contribution in [0.25, 0.3) is 0 Å². The second kappa shape index (κ2) is 6.43. The summed E-state index contributed by atoms with van der Waals surface area (Å²) < 4.78 is 18.8. The van der Waals surface area contributed by atoms with Crippen molar-refractivity contribution in [2.45, 2.75) is 0 Å². The molecule has 0 radical (unpaired) electrons. The van der Waals surface area contributed by atoms with Gasteiger partial charge in [0.25, 0.3) is 0 Å². The predicted octanol–water partition coefficient (Wildman–Crippen LogP) is -2.04. The summed E-state index contributed by atoms with van der Waals surface area (Å²) in [7, 11) is -3.57. The van der Waals surface area contributed by atoms with Gasteiger partial charge in [0.2, 0.25) is 0 Å². The van der Waals surface area contributed by atoms with E-state index in [1.54, 1.807) is 18.2 Å². The van der Waals surface area contributed by atoms with E-state index < -0.39 is 13.8 Å². The molecule has 0 N–H and O–H groups in total. The molecule has 0 heterocycles. The van der Waals surface area contributed by atoms with Gasteiger partial charge in [0.15, 0.2) is 0 Å². The minimum Gasteiger partial charge on any atom is -0.746 e. The van der Waals surface area contributed by atoms with E-state index in [9.17, 15) is 14.3 Å². The molecule has 0 fully saturated rings. The van der Waals surface area contributed by atoms with Crippen molar-refractivity contribution in [3.05, 3.63) is 35.9 Å². The van der Waals surface area contributed by atoms with Gasteiger partial charge in [0.05, 0.1) is 5.56 Å². The first kappa shape index (κ1) is 14.8. The van der Waals surface area contributed by atoms with Crippen molar-refractivity contribution in [2.75, 3.05) is 7.11 Å². The van der Waals surface area contributed by atoms with Crippen LogP contribution in [0.15, 0.2) is 30.3 Å². The number of hydrogen-bond donors (Lipinski definition) is 0. The monoisotopic (exact) mass is 238 g/mol. The third kappa shape index (κ3) is 4.93. The van der Waals surface area contributed by atoms with Gasteiger partial charge in [-0.15, -0.1) is 0 Å². The van der Waals surface area contributed by atoms with Crippen LogP contribution in [-0.2, 0) is 13.6 Å². The zero-order valence-electron chi connectivity index (χ0n) is 8.38. The summed E-state index contributed by atoms with van der Waals surface area (Å²) in [6, 6.07) is 7.78. The first-order valence-corrected chi connectivity index (χ1v) is 5.17. The predicted molar refractivity (Wildman–Crippen MR) is 46.5 cm³/mol. The van der Waals surface area contributed by atoms with Crippen molar-refractivity contribution in [2.24, 2.45) is 0 Å². The molecule has 0 spiro atoms. The number of benzene rings is 1. The Morgan fingerprint density at radius 1 is 1.33 bits per heavy atom. The van der Waals surface area contributed by atoms with Crippen molar-refractivity contribution in [1.82, 2.24) is 0 Å². The number of phosphoric ester groups is 1. The maximum atomic E-state index is 11.1. The molecule has 76 valence electrons. The standard InChI is InChI=1S/C8H9O5P.Na/c1-12-14(10,11)13-8(9)7-5-3-2-4-6-7;/h2-6H,1H3,(H,10,11);/q;+1/p-1. The van der Waals surface area contributed by atoms with Crippen LogP contribution >= 0.6 is 7.82 Å². The maximum Gasteiger partial charge on any atom is 1.00 e. The van der Waals surface area contributed by atoms with Gasteiger partial charge in [-0.25, -0.2) is 4.79 Å². The number of carbonyl (C=O) groups excluding carboxylic acids is 1. The molecule has 0 bridgehead atoms. The Morgan fingerprint density at radius 2 is 1.87 bits per heavy atom. The Morgan fingerprint density at radius 3 is 2.33 bits per heavy atom. The molecule has 1 aromatic carbocycles. The summed E-state index contributed by atoms with van der Waals surface area (Å²) >= 11 is 0. The molecule has 0 aliphatic rings. The number of hydrogen-bond acceptors (Lipinski definition) is 5. The molecule has 0 amide bonds. The Bertz CT molecular complexity index is 367. The van der Waals surface area contributed by atoms with Crippen LogP contribution in [0, 0.1) is 0 Å². The van der Waals surface area contributed by atoms with Crippen LogP contribution in [-0.4, -0.2) is 13.1 Å². The summed E-state index contributed by atoms with van der Waals surface area (Å²) in [5.41, 5.74) is 0.153. The van der Waals surface area contributed by atoms with Crippen LogP contribution in [0.4, 0.5) is 0 Å². The fraction of sp³-hybridized carbons (Fsp3) is 0.125. The van der Waals surface area contributed by atoms with Crippen LogP contribution in [0.1, 0.15) is 10.4 Å². The first-order chi connectivity index (χ1) is 6.55. The van der Waals surface area contributed by atoms with E-state index in [-0.39, 0.29) is 35.1 Å². The minimum atomic E-state index is -4.49. The zero-order chi connectivity index (χ0) is 10.6. The number of carbonyl (C=O) groups is 1. The van der Waals surface area contributed by atoms with Crippen LogP contribution in [0.5, 0.6) is 0 Å². The van der Waals surface area contributed by atoms with Gasteiger partial charge in [-0.2, -0.15) is 0 Å². The normalized spacial score (nSPS) is 13.5. The average Bonchev–Trinajstić information content (AvgIpc) is 2.19. The molecule has 1 atom stereocenters. The molecular formula is C8H8NaO5P. The fourth-order valence-electron chi connectivity index (χ4n) is 0.766. The zero-order valence-corrected chi connectivity index (χ0v) is 11.3. The van der Waals surface area contributed by atoms with Gasteiger partial charge in [-0.1, -0.05) is 18.2 Å². The van der Waals surface area contributed by atoms with Gasteiger partial charge in [-0.05, 0) is 12.1 Å². The Balaban J connectivity index is 0.00000196. The second-order valence-corrected chi connectivity index (χ2v) is 3.82. The smallest absolute Gasteiger partial charge is 0.746 e. The number of rotatable bonds is 3. The summed E-state index contributed by atoms with van der Waals surface area (Å²) in [5.74, 6) is -0.953. The molecule has 7 heteroatoms. The summed E-state index contributed by atoms with van der Waals surface area (Å²) in [4.78, 5) is 21.9. The molecule has 0 saturated carbocycles. The first-order valence-electron chi connectivity index (χ1n) is 3.71. The molecule has 0 aliphatic carbocycles. The van der Waals surface area contributed by atoms with E-state index in [0.717, 1.165) is 7.11 Å². The Kier molecular flexibility index (Phi) is 6.36. The average molecular weight is 238 g/mol. The number of phosphoric acid groups is 1. The van der Waals surface area contributed by atoms with E-state index >= 15 is 0 Å². The third-order valence-electron chi connectivity index (χ3n) is 1.43. The molecular weight excluding hydrogens is 230 g/mol. The Hall–Kier alpha value is -0.160. The van der Waals surface area contributed by atoms with Gasteiger partial charge in [0.1, 0.15) is 0 Å². The minimum absolute atomic E-state index is 0. The second-order valence-electron chi connectivity index (χ2n) is 2.37. The maximum absolute atomic E-state index is 11.1. The fourth-order valence-corrected chi connectivity index (χ4v) is 1.15. The van der Waals surface area contributed by atoms with Crippen molar-refractivity contribution < 1.29 is 52.9 Å². The SMILES string of the molecule is COP(=O)([O-])OC(=O)c1ccccc1.[Na+]. The molecule has 5 nitrogen and oxygen atoms in total. The summed E-state index contributed by atoms with van der Waals surface area (Å²) in [6.07, 6.45) is 0. The summed E-state index contributed by atoms with van der Waals surface area (Å²) in [5, 5.41) is 0. The van der Waals surface area contributed by atoms with E-state index in [4.69, 9.17) is 0 Å². The quantitative estimate of drug-likeness (QED) is 0.448. The topological polar surface area (TPSA) is 75.7 Å². The molecule has 0 aromatic heterocycles. The van der Waals surface area contributed by atoms with Crippen molar-refractivity contribution in [3.8, 4) is 0 Å². The van der Waals surface area contributed by atoms with Gasteiger partial charge in [-0.3, -0.25) is 4.57 Å². The van der Waals surface area contributed by atoms with Crippen molar-refractivity contribution in [1.29, 1.82) is 0 Å². The molecule has 0 saturated heterocycles. The molecule has 1 aromatic rings. The molecule has 15 heavy (non-hydrogen) atoms. The van der Waals surface area contributed by atoms with Crippen LogP contribution in [0.2, 0.25) is 0 Å². The largest absolute Gasteiger partial charge is 1.00 e. The van der Waals surface area contributed by atoms with E-state index in [1.165, 1.54) is 12.1 Å². The van der Waals surface area contributed by atoms with Crippen LogP contribution < -0.4 is 34.5 Å². The molecule has 0 aliphatic heterocycles. The van der Waals surface area contributed by atoms with Gasteiger partial charge < -0.3 is 13.9 Å². The molecule has 1 rings (SSSR count). The third-order valence-corrected chi connectivity index (χ3v) is 2.26. The van der Waals surface area contributed by atoms with Gasteiger partial charge in [0, 0.05) is 7.11 Å². The van der Waals surface area contributed by atoms with Crippen LogP contribution in [0.3, 0.4) is 0 Å². The van der Waals surface area contributed by atoms with Crippen molar-refractivity contribution in [3.63, 3.8) is 0 Å². The molecule has 1 unspecified atom stereocenters. The summed E-state index contributed by atoms with van der Waals surface area (Å²) in [6.45, 7) is 0. The van der Waals surface area contributed by atoms with Crippen molar-refractivity contribution >= 4 is 13.8 Å².